The number of hydrogen-bond donors (Lipinski definition) is 1. The molecule has 2 rings (SSSR count). The minimum Gasteiger partial charge on any atom is -0.310 e. The predicted molar refractivity (Wildman–Crippen MR) is 87.3 cm³/mol. The first-order valence-corrected chi connectivity index (χ1v) is 8.13. The third kappa shape index (κ3) is 3.98. The topological polar surface area (TPSA) is 24.9 Å². The summed E-state index contributed by atoms with van der Waals surface area (Å²) in [6.45, 7) is 5.23. The Labute approximate surface area is 130 Å². The van der Waals surface area contributed by atoms with Gasteiger partial charge in [0.1, 0.15) is 5.03 Å². The average molecular weight is 307 g/mol. The first-order valence-electron chi connectivity index (χ1n) is 6.77. The van der Waals surface area contributed by atoms with Gasteiger partial charge in [-0.15, -0.1) is 11.8 Å². The third-order valence-electron chi connectivity index (χ3n) is 3.10. The largest absolute Gasteiger partial charge is 0.310 e. The molecule has 20 heavy (non-hydrogen) atoms. The molecule has 1 aromatic carbocycles. The molecule has 2 aromatic rings. The Morgan fingerprint density at radius 1 is 1.25 bits per heavy atom. The number of nitrogens with one attached hydrogen (secondary N) is 1. The summed E-state index contributed by atoms with van der Waals surface area (Å²) < 4.78 is 0. The molecule has 106 valence electrons. The Hall–Kier alpha value is -1.03. The van der Waals surface area contributed by atoms with E-state index in [9.17, 15) is 0 Å². The zero-order valence-electron chi connectivity index (χ0n) is 11.8. The highest BCUT2D eigenvalue weighted by Crippen LogP contribution is 2.30. The molecule has 0 saturated heterocycles. The van der Waals surface area contributed by atoms with Crippen LogP contribution in [0.5, 0.6) is 0 Å². The summed E-state index contributed by atoms with van der Waals surface area (Å²) in [6, 6.07) is 12.4. The van der Waals surface area contributed by atoms with E-state index >= 15 is 0 Å². The first-order chi connectivity index (χ1) is 9.72. The smallest absolute Gasteiger partial charge is 0.101 e. The van der Waals surface area contributed by atoms with Gasteiger partial charge in [-0.05, 0) is 31.2 Å². The van der Waals surface area contributed by atoms with Gasteiger partial charge >= 0.3 is 0 Å². The molecule has 0 aliphatic rings. The number of nitrogens with zero attached hydrogens (tertiary/aromatic N) is 1. The fourth-order valence-electron chi connectivity index (χ4n) is 2.03. The van der Waals surface area contributed by atoms with Gasteiger partial charge in [0.15, 0.2) is 0 Å². The van der Waals surface area contributed by atoms with Gasteiger partial charge in [-0.3, -0.25) is 0 Å². The molecule has 0 radical (unpaired) electrons. The molecule has 0 bridgehead atoms. The van der Waals surface area contributed by atoms with Gasteiger partial charge in [-0.1, -0.05) is 42.8 Å². The molecule has 0 saturated carbocycles. The van der Waals surface area contributed by atoms with Gasteiger partial charge in [-0.25, -0.2) is 4.98 Å². The van der Waals surface area contributed by atoms with Crippen LogP contribution in [0.3, 0.4) is 0 Å². The highest BCUT2D eigenvalue weighted by Gasteiger charge is 2.11. The van der Waals surface area contributed by atoms with E-state index in [1.807, 2.05) is 30.5 Å². The number of hydrogen-bond acceptors (Lipinski definition) is 3. The van der Waals surface area contributed by atoms with Crippen LogP contribution in [0.15, 0.2) is 47.6 Å². The lowest BCUT2D eigenvalue weighted by Crippen LogP contribution is -2.18. The van der Waals surface area contributed by atoms with E-state index < -0.39 is 0 Å². The fraction of sp³-hybridized carbons (Fsp3) is 0.312. The number of halogens is 1. The van der Waals surface area contributed by atoms with E-state index in [4.69, 9.17) is 11.6 Å². The van der Waals surface area contributed by atoms with Crippen molar-refractivity contribution in [2.45, 2.75) is 30.7 Å². The quantitative estimate of drug-likeness (QED) is 0.783. The Balaban J connectivity index is 2.12. The Bertz CT molecular complexity index is 560. The van der Waals surface area contributed by atoms with Gasteiger partial charge in [0, 0.05) is 28.6 Å². The van der Waals surface area contributed by atoms with E-state index in [1.54, 1.807) is 11.8 Å². The molecule has 1 N–H and O–H groups in total. The van der Waals surface area contributed by atoms with Crippen molar-refractivity contribution in [2.75, 3.05) is 6.54 Å². The van der Waals surface area contributed by atoms with Crippen molar-refractivity contribution in [3.8, 4) is 0 Å². The minimum atomic E-state index is 0.308. The molecule has 0 aliphatic heterocycles. The van der Waals surface area contributed by atoms with Crippen LogP contribution in [0, 0.1) is 0 Å². The molecule has 1 unspecified atom stereocenters. The highest BCUT2D eigenvalue weighted by atomic mass is 35.5. The second-order valence-corrected chi connectivity index (χ2v) is 5.93. The van der Waals surface area contributed by atoms with E-state index in [1.165, 1.54) is 5.56 Å². The van der Waals surface area contributed by atoms with Gasteiger partial charge in [-0.2, -0.15) is 0 Å². The van der Waals surface area contributed by atoms with Gasteiger partial charge in [0.25, 0.3) is 0 Å². The summed E-state index contributed by atoms with van der Waals surface area (Å²) in [5, 5.41) is 5.32. The Morgan fingerprint density at radius 3 is 2.80 bits per heavy atom. The van der Waals surface area contributed by atoms with Gasteiger partial charge in [0.2, 0.25) is 0 Å². The third-order valence-corrected chi connectivity index (χ3v) is 4.54. The lowest BCUT2D eigenvalue weighted by Gasteiger charge is -2.16. The summed E-state index contributed by atoms with van der Waals surface area (Å²) in [7, 11) is 0. The highest BCUT2D eigenvalue weighted by molar-refractivity contribution is 7.98. The lowest BCUT2D eigenvalue weighted by molar-refractivity contribution is 0.585. The zero-order chi connectivity index (χ0) is 14.4. The second-order valence-electron chi connectivity index (χ2n) is 4.56. The fourth-order valence-corrected chi connectivity index (χ4v) is 3.40. The van der Waals surface area contributed by atoms with Crippen molar-refractivity contribution < 1.29 is 0 Å². The minimum absolute atomic E-state index is 0.308. The number of pyridine rings is 1. The maximum atomic E-state index is 6.20. The number of thioether (sulfide) groups is 1. The predicted octanol–water partition coefficient (Wildman–Crippen LogP) is 4.70. The Morgan fingerprint density at radius 2 is 2.05 bits per heavy atom. The van der Waals surface area contributed by atoms with E-state index in [-0.39, 0.29) is 0 Å². The van der Waals surface area contributed by atoms with Gasteiger partial charge < -0.3 is 5.32 Å². The van der Waals surface area contributed by atoms with Crippen molar-refractivity contribution in [1.29, 1.82) is 0 Å². The summed E-state index contributed by atoms with van der Waals surface area (Å²) in [5.74, 6) is 0.836. The molecular formula is C16H19ClN2S. The molecule has 0 aliphatic carbocycles. The van der Waals surface area contributed by atoms with Crippen molar-refractivity contribution in [1.82, 2.24) is 10.3 Å². The SMILES string of the molecule is CCNC(C)c1cccnc1SCc1ccccc1Cl. The molecule has 1 atom stereocenters. The van der Waals surface area contributed by atoms with E-state index in [0.717, 1.165) is 27.9 Å². The maximum Gasteiger partial charge on any atom is 0.101 e. The monoisotopic (exact) mass is 306 g/mol. The molecule has 0 amide bonds. The summed E-state index contributed by atoms with van der Waals surface area (Å²) in [5.41, 5.74) is 2.39. The van der Waals surface area contributed by atoms with Gasteiger partial charge in [0.05, 0.1) is 0 Å². The van der Waals surface area contributed by atoms with E-state index in [0.29, 0.717) is 6.04 Å². The summed E-state index contributed by atoms with van der Waals surface area (Å²) in [4.78, 5) is 4.51. The van der Waals surface area contributed by atoms with Crippen LogP contribution in [0.25, 0.3) is 0 Å². The van der Waals surface area contributed by atoms with Crippen LogP contribution in [0.2, 0.25) is 5.02 Å². The molecule has 1 heterocycles. The van der Waals surface area contributed by atoms with Crippen LogP contribution in [-0.2, 0) is 5.75 Å². The lowest BCUT2D eigenvalue weighted by atomic mass is 10.1. The molecule has 0 fully saturated rings. The second kappa shape index (κ2) is 7.67. The Kier molecular flexibility index (Phi) is 5.89. The van der Waals surface area contributed by atoms with E-state index in [2.05, 4.69) is 36.3 Å². The van der Waals surface area contributed by atoms with Crippen LogP contribution in [-0.4, -0.2) is 11.5 Å². The van der Waals surface area contributed by atoms with Crippen molar-refractivity contribution >= 4 is 23.4 Å². The molecular weight excluding hydrogens is 288 g/mol. The number of aromatic nitrogens is 1. The van der Waals surface area contributed by atoms with Crippen molar-refractivity contribution in [2.24, 2.45) is 0 Å². The number of rotatable bonds is 6. The van der Waals surface area contributed by atoms with Crippen LogP contribution in [0.4, 0.5) is 0 Å². The average Bonchev–Trinajstić information content (AvgIpc) is 2.47. The maximum absolute atomic E-state index is 6.20. The molecule has 4 heteroatoms. The summed E-state index contributed by atoms with van der Waals surface area (Å²) in [6.07, 6.45) is 1.84. The van der Waals surface area contributed by atoms with Crippen LogP contribution < -0.4 is 5.32 Å². The van der Waals surface area contributed by atoms with Crippen molar-refractivity contribution in [3.05, 3.63) is 58.7 Å². The van der Waals surface area contributed by atoms with Crippen LogP contribution in [0.1, 0.15) is 31.0 Å². The molecule has 1 aromatic heterocycles. The summed E-state index contributed by atoms with van der Waals surface area (Å²) >= 11 is 7.93. The normalized spacial score (nSPS) is 12.3. The standard InChI is InChI=1S/C16H19ClN2S/c1-3-18-12(2)14-8-6-10-19-16(14)20-11-13-7-4-5-9-15(13)17/h4-10,12,18H,3,11H2,1-2H3. The molecule has 2 nitrogen and oxygen atoms in total. The number of benzene rings is 1. The first kappa shape index (κ1) is 15.4. The molecule has 0 spiro atoms. The van der Waals surface area contributed by atoms with Crippen molar-refractivity contribution in [3.63, 3.8) is 0 Å². The van der Waals surface area contributed by atoms with Crippen LogP contribution >= 0.6 is 23.4 Å². The zero-order valence-corrected chi connectivity index (χ0v) is 13.3.